The molecule has 0 aromatic heterocycles. The third kappa shape index (κ3) is 5.87. The van der Waals surface area contributed by atoms with Crippen molar-refractivity contribution in [3.8, 4) is 5.75 Å². The van der Waals surface area contributed by atoms with Crippen molar-refractivity contribution in [3.05, 3.63) is 77.3 Å². The first-order valence-corrected chi connectivity index (χ1v) is 10.6. The number of rotatable bonds is 6. The van der Waals surface area contributed by atoms with Gasteiger partial charge in [-0.05, 0) is 54.6 Å². The number of benzene rings is 3. The number of phenolic OH excluding ortho intramolecular Hbond substituents is 1. The number of guanidine groups is 1. The number of aliphatic imine (C=N–C) groups is 1. The fraction of sp³-hybridized carbons (Fsp3) is 0. The van der Waals surface area contributed by atoms with E-state index in [1.54, 1.807) is 36.4 Å². The number of phenols is 1. The molecule has 0 bridgehead atoms. The van der Waals surface area contributed by atoms with Crippen LogP contribution in [0, 0.1) is 0 Å². The fourth-order valence-corrected chi connectivity index (χ4v) is 3.43. The van der Waals surface area contributed by atoms with E-state index in [9.17, 15) is 13.5 Å². The highest BCUT2D eigenvalue weighted by molar-refractivity contribution is 7.90. The smallest absolute Gasteiger partial charge is 0.285 e. The molecule has 0 heterocycles. The number of nitrogens with two attached hydrogens (primary N) is 2. The number of halogens is 1. The molecule has 31 heavy (non-hydrogen) atoms. The molecule has 0 aliphatic heterocycles. The van der Waals surface area contributed by atoms with Crippen LogP contribution in [0.25, 0.3) is 0 Å². The first-order chi connectivity index (χ1) is 14.7. The zero-order valence-corrected chi connectivity index (χ0v) is 17.5. The van der Waals surface area contributed by atoms with Gasteiger partial charge in [-0.15, -0.1) is 9.51 Å². The molecule has 0 aliphatic rings. The number of hydrogen-bond donors (Lipinski definition) is 3. The molecule has 11 heteroatoms. The zero-order chi connectivity index (χ0) is 22.4. The van der Waals surface area contributed by atoms with Gasteiger partial charge in [-0.25, -0.2) is 0 Å². The Morgan fingerprint density at radius 1 is 0.935 bits per heavy atom. The maximum Gasteiger partial charge on any atom is 0.285 e. The zero-order valence-electron chi connectivity index (χ0n) is 15.9. The number of nitrogens with zero attached hydrogens (tertiary/aromatic N) is 4. The Bertz CT molecular complexity index is 1280. The van der Waals surface area contributed by atoms with E-state index in [1.807, 2.05) is 0 Å². The highest BCUT2D eigenvalue weighted by atomic mass is 35.5. The lowest BCUT2D eigenvalue weighted by molar-refractivity contribution is 0.474. The monoisotopic (exact) mass is 456 g/mol. The average Bonchev–Trinajstić information content (AvgIpc) is 2.72. The minimum atomic E-state index is -3.97. The average molecular weight is 457 g/mol. The Hall–Kier alpha value is -3.76. The van der Waals surface area contributed by atoms with Gasteiger partial charge in [0.05, 0.1) is 21.3 Å². The minimum absolute atomic E-state index is 0.00704. The van der Waals surface area contributed by atoms with Gasteiger partial charge in [-0.1, -0.05) is 23.7 Å². The third-order valence-corrected chi connectivity index (χ3v) is 5.49. The molecule has 0 fully saturated rings. The van der Waals surface area contributed by atoms with Crippen molar-refractivity contribution >= 4 is 50.9 Å². The highest BCUT2D eigenvalue weighted by Crippen LogP contribution is 2.28. The summed E-state index contributed by atoms with van der Waals surface area (Å²) in [6, 6.07) is 17.3. The van der Waals surface area contributed by atoms with Crippen LogP contribution in [0.15, 0.2) is 91.2 Å². The Morgan fingerprint density at radius 2 is 1.61 bits per heavy atom. The number of azo groups is 1. The molecule has 5 N–H and O–H groups in total. The van der Waals surface area contributed by atoms with Crippen molar-refractivity contribution in [1.29, 1.82) is 0 Å². The molecule has 0 saturated heterocycles. The molecule has 0 amide bonds. The molecule has 0 unspecified atom stereocenters. The van der Waals surface area contributed by atoms with Gasteiger partial charge in [0, 0.05) is 11.8 Å². The number of sulfonamides is 1. The maximum atomic E-state index is 12.0. The first-order valence-electron chi connectivity index (χ1n) is 8.74. The highest BCUT2D eigenvalue weighted by Gasteiger charge is 2.12. The standard InChI is InChI=1S/C20H17ClN6O3S/c21-17-3-1-2-4-18(17)26-25-15-7-10-19(28)13(11-15)12-24-14-5-8-16(9-6-14)31(29,30)27-20(22)23/h1-12,28H,(H4,22,23,27). The lowest BCUT2D eigenvalue weighted by Gasteiger charge is -2.02. The number of aromatic hydroxyl groups is 1. The molecule has 0 saturated carbocycles. The molecule has 0 spiro atoms. The molecule has 3 aromatic rings. The van der Waals surface area contributed by atoms with Crippen molar-refractivity contribution in [2.75, 3.05) is 0 Å². The molecule has 0 aliphatic carbocycles. The van der Waals surface area contributed by atoms with Crippen LogP contribution < -0.4 is 11.5 Å². The van der Waals surface area contributed by atoms with E-state index in [2.05, 4.69) is 19.6 Å². The van der Waals surface area contributed by atoms with Gasteiger partial charge in [0.2, 0.25) is 5.96 Å². The number of hydrogen-bond acceptors (Lipinski definition) is 6. The van der Waals surface area contributed by atoms with Crippen LogP contribution in [0.1, 0.15) is 5.56 Å². The molecular weight excluding hydrogens is 440 g/mol. The second-order valence-corrected chi connectivity index (χ2v) is 8.15. The van der Waals surface area contributed by atoms with Crippen LogP contribution in [-0.4, -0.2) is 25.7 Å². The van der Waals surface area contributed by atoms with E-state index in [0.29, 0.717) is 27.6 Å². The van der Waals surface area contributed by atoms with Crippen LogP contribution in [0.5, 0.6) is 5.75 Å². The van der Waals surface area contributed by atoms with Crippen LogP contribution in [0.2, 0.25) is 5.02 Å². The Labute approximate surface area is 183 Å². The van der Waals surface area contributed by atoms with Crippen molar-refractivity contribution in [1.82, 2.24) is 0 Å². The molecule has 0 atom stereocenters. The predicted molar refractivity (Wildman–Crippen MR) is 120 cm³/mol. The van der Waals surface area contributed by atoms with Gasteiger partial charge < -0.3 is 16.6 Å². The summed E-state index contributed by atoms with van der Waals surface area (Å²) in [5, 5.41) is 18.8. The third-order valence-electron chi connectivity index (χ3n) is 3.85. The fourth-order valence-electron chi connectivity index (χ4n) is 2.39. The van der Waals surface area contributed by atoms with Gasteiger partial charge in [0.1, 0.15) is 11.4 Å². The molecule has 158 valence electrons. The Morgan fingerprint density at radius 3 is 2.29 bits per heavy atom. The SMILES string of the molecule is NC(N)=NS(=O)(=O)c1ccc(N=Cc2cc(N=Nc3ccccc3Cl)ccc2O)cc1. The quantitative estimate of drug-likeness (QED) is 0.288. The Balaban J connectivity index is 1.80. The largest absolute Gasteiger partial charge is 0.507 e. The van der Waals surface area contributed by atoms with E-state index < -0.39 is 16.0 Å². The van der Waals surface area contributed by atoms with Crippen molar-refractivity contribution in [2.24, 2.45) is 31.1 Å². The van der Waals surface area contributed by atoms with Crippen LogP contribution >= 0.6 is 11.6 Å². The predicted octanol–water partition coefficient (Wildman–Crippen LogP) is 4.17. The first kappa shape index (κ1) is 21.9. The Kier molecular flexibility index (Phi) is 6.63. The molecular formula is C20H17ClN6O3S. The second-order valence-electron chi connectivity index (χ2n) is 6.14. The summed E-state index contributed by atoms with van der Waals surface area (Å²) in [6.07, 6.45) is 1.42. The van der Waals surface area contributed by atoms with Gasteiger partial charge in [-0.2, -0.15) is 13.5 Å². The maximum absolute atomic E-state index is 12.0. The van der Waals surface area contributed by atoms with Crippen molar-refractivity contribution in [2.45, 2.75) is 4.90 Å². The molecule has 0 radical (unpaired) electrons. The second kappa shape index (κ2) is 9.37. The topological polar surface area (TPSA) is 156 Å². The molecule has 3 aromatic carbocycles. The van der Waals surface area contributed by atoms with E-state index in [0.717, 1.165) is 0 Å². The summed E-state index contributed by atoms with van der Waals surface area (Å²) in [7, 11) is -3.97. The summed E-state index contributed by atoms with van der Waals surface area (Å²) in [4.78, 5) is 4.16. The van der Waals surface area contributed by atoms with Crippen LogP contribution in [-0.2, 0) is 10.0 Å². The van der Waals surface area contributed by atoms with Gasteiger partial charge in [0.25, 0.3) is 10.0 Å². The summed E-state index contributed by atoms with van der Waals surface area (Å²) in [5.74, 6) is -0.559. The van der Waals surface area contributed by atoms with Crippen molar-refractivity contribution in [3.63, 3.8) is 0 Å². The normalized spacial score (nSPS) is 11.8. The van der Waals surface area contributed by atoms with Gasteiger partial charge in [0.15, 0.2) is 0 Å². The van der Waals surface area contributed by atoms with E-state index in [-0.39, 0.29) is 10.6 Å². The van der Waals surface area contributed by atoms with E-state index in [1.165, 1.54) is 36.5 Å². The molecule has 9 nitrogen and oxygen atoms in total. The van der Waals surface area contributed by atoms with Crippen LogP contribution in [0.4, 0.5) is 17.1 Å². The summed E-state index contributed by atoms with van der Waals surface area (Å²) in [5.41, 5.74) is 12.1. The van der Waals surface area contributed by atoms with Crippen molar-refractivity contribution < 1.29 is 13.5 Å². The van der Waals surface area contributed by atoms with Gasteiger partial charge >= 0.3 is 0 Å². The minimum Gasteiger partial charge on any atom is -0.507 e. The lowest BCUT2D eigenvalue weighted by atomic mass is 10.2. The molecule has 3 rings (SSSR count). The summed E-state index contributed by atoms with van der Waals surface area (Å²) < 4.78 is 27.1. The van der Waals surface area contributed by atoms with Crippen LogP contribution in [0.3, 0.4) is 0 Å². The summed E-state index contributed by atoms with van der Waals surface area (Å²) in [6.45, 7) is 0. The van der Waals surface area contributed by atoms with E-state index >= 15 is 0 Å². The summed E-state index contributed by atoms with van der Waals surface area (Å²) >= 11 is 6.06. The van der Waals surface area contributed by atoms with E-state index in [4.69, 9.17) is 23.1 Å². The van der Waals surface area contributed by atoms with Gasteiger partial charge in [-0.3, -0.25) is 4.99 Å². The lowest BCUT2D eigenvalue weighted by Crippen LogP contribution is -2.24.